The van der Waals surface area contributed by atoms with Crippen molar-refractivity contribution in [3.05, 3.63) is 27.3 Å². The first-order valence-corrected chi connectivity index (χ1v) is 8.93. The van der Waals surface area contributed by atoms with Crippen molar-refractivity contribution in [1.82, 2.24) is 4.31 Å². The summed E-state index contributed by atoms with van der Waals surface area (Å²) < 4.78 is 36.5. The van der Waals surface area contributed by atoms with E-state index < -0.39 is 15.9 Å². The highest BCUT2D eigenvalue weighted by atomic mass is 127. The number of benzene rings is 1. The number of amides is 1. The molecule has 1 aromatic carbocycles. The lowest BCUT2D eigenvalue weighted by Gasteiger charge is -2.14. The molecule has 0 atom stereocenters. The van der Waals surface area contributed by atoms with Crippen LogP contribution in [-0.2, 0) is 19.5 Å². The van der Waals surface area contributed by atoms with Gasteiger partial charge in [0.15, 0.2) is 0 Å². The second-order valence-electron chi connectivity index (χ2n) is 4.48. The smallest absolute Gasteiger partial charge is 0.269 e. The standard InChI is InChI=1S/C13H16INO5S/c1-19-6-2-7-20-8-5-15-13(16)11-4-3-10(14)9-12(11)21(15,17)18/h3-4,9H,2,5-8H2,1H3. The Morgan fingerprint density at radius 3 is 2.71 bits per heavy atom. The maximum absolute atomic E-state index is 12.3. The molecule has 0 spiro atoms. The van der Waals surface area contributed by atoms with Gasteiger partial charge in [-0.25, -0.2) is 12.7 Å². The Bertz CT molecular complexity index is 631. The van der Waals surface area contributed by atoms with Crippen LogP contribution in [0.25, 0.3) is 0 Å². The molecule has 1 amide bonds. The van der Waals surface area contributed by atoms with E-state index >= 15 is 0 Å². The topological polar surface area (TPSA) is 72.9 Å². The van der Waals surface area contributed by atoms with Gasteiger partial charge in [-0.15, -0.1) is 0 Å². The zero-order chi connectivity index (χ0) is 15.5. The SMILES string of the molecule is COCCCOCCN1C(=O)c2ccc(I)cc2S1(=O)=O. The van der Waals surface area contributed by atoms with Gasteiger partial charge in [-0.05, 0) is 47.2 Å². The van der Waals surface area contributed by atoms with Gasteiger partial charge in [0.1, 0.15) is 4.90 Å². The Morgan fingerprint density at radius 1 is 1.24 bits per heavy atom. The Balaban J connectivity index is 2.01. The molecule has 0 saturated heterocycles. The highest BCUT2D eigenvalue weighted by Gasteiger charge is 2.40. The molecule has 1 aliphatic rings. The number of rotatable bonds is 7. The number of methoxy groups -OCH3 is 1. The van der Waals surface area contributed by atoms with Crippen LogP contribution in [-0.4, -0.2) is 52.1 Å². The molecular weight excluding hydrogens is 409 g/mol. The highest BCUT2D eigenvalue weighted by molar-refractivity contribution is 14.1. The van der Waals surface area contributed by atoms with Crippen molar-refractivity contribution in [2.45, 2.75) is 11.3 Å². The fourth-order valence-corrected chi connectivity index (χ4v) is 4.31. The maximum atomic E-state index is 12.3. The van der Waals surface area contributed by atoms with E-state index in [0.717, 1.165) is 14.3 Å². The summed E-state index contributed by atoms with van der Waals surface area (Å²) in [6.07, 6.45) is 0.732. The molecule has 6 nitrogen and oxygen atoms in total. The summed E-state index contributed by atoms with van der Waals surface area (Å²) in [7, 11) is -2.14. The fourth-order valence-electron chi connectivity index (χ4n) is 2.03. The summed E-state index contributed by atoms with van der Waals surface area (Å²) in [6.45, 7) is 1.27. The van der Waals surface area contributed by atoms with Crippen LogP contribution < -0.4 is 0 Å². The fraction of sp³-hybridized carbons (Fsp3) is 0.462. The quantitative estimate of drug-likeness (QED) is 0.489. The zero-order valence-electron chi connectivity index (χ0n) is 11.5. The number of ether oxygens (including phenoxy) is 2. The van der Waals surface area contributed by atoms with Gasteiger partial charge in [-0.1, -0.05) is 0 Å². The average Bonchev–Trinajstić information content (AvgIpc) is 2.62. The highest BCUT2D eigenvalue weighted by Crippen LogP contribution is 2.31. The van der Waals surface area contributed by atoms with E-state index in [1.54, 1.807) is 19.2 Å². The van der Waals surface area contributed by atoms with E-state index in [-0.39, 0.29) is 23.6 Å². The van der Waals surface area contributed by atoms with Gasteiger partial charge in [-0.2, -0.15) is 0 Å². The predicted molar refractivity (Wildman–Crippen MR) is 84.7 cm³/mol. The molecule has 0 aliphatic carbocycles. The second kappa shape index (κ2) is 7.03. The van der Waals surface area contributed by atoms with Crippen molar-refractivity contribution < 1.29 is 22.7 Å². The average molecular weight is 425 g/mol. The van der Waals surface area contributed by atoms with E-state index in [1.165, 1.54) is 6.07 Å². The molecule has 116 valence electrons. The van der Waals surface area contributed by atoms with Crippen LogP contribution in [0.15, 0.2) is 23.1 Å². The predicted octanol–water partition coefficient (Wildman–Crippen LogP) is 1.49. The van der Waals surface area contributed by atoms with Gasteiger partial charge in [-0.3, -0.25) is 4.79 Å². The Hall–Kier alpha value is -0.710. The van der Waals surface area contributed by atoms with Crippen LogP contribution >= 0.6 is 22.6 Å². The maximum Gasteiger partial charge on any atom is 0.269 e. The van der Waals surface area contributed by atoms with Gasteiger partial charge in [0, 0.05) is 23.9 Å². The lowest BCUT2D eigenvalue weighted by Crippen LogP contribution is -2.33. The van der Waals surface area contributed by atoms with Gasteiger partial charge < -0.3 is 9.47 Å². The minimum Gasteiger partial charge on any atom is -0.385 e. The van der Waals surface area contributed by atoms with Crippen LogP contribution in [0.2, 0.25) is 0 Å². The molecule has 0 saturated carbocycles. The van der Waals surface area contributed by atoms with Crippen LogP contribution in [0.4, 0.5) is 0 Å². The van der Waals surface area contributed by atoms with E-state index in [9.17, 15) is 13.2 Å². The Kier molecular flexibility index (Phi) is 5.58. The Labute approximate surface area is 137 Å². The summed E-state index contributed by atoms with van der Waals surface area (Å²) in [5.74, 6) is -0.484. The number of carbonyl (C=O) groups is 1. The third-order valence-corrected chi connectivity index (χ3v) is 5.54. The second-order valence-corrected chi connectivity index (χ2v) is 7.56. The molecular formula is C13H16INO5S. The van der Waals surface area contributed by atoms with Crippen LogP contribution in [0, 0.1) is 3.57 Å². The Morgan fingerprint density at radius 2 is 2.00 bits per heavy atom. The van der Waals surface area contributed by atoms with E-state index in [2.05, 4.69) is 0 Å². The number of hydrogen-bond donors (Lipinski definition) is 0. The zero-order valence-corrected chi connectivity index (χ0v) is 14.5. The van der Waals surface area contributed by atoms with Crippen LogP contribution in [0.1, 0.15) is 16.8 Å². The monoisotopic (exact) mass is 425 g/mol. The first kappa shape index (κ1) is 16.7. The molecule has 0 bridgehead atoms. The lowest BCUT2D eigenvalue weighted by molar-refractivity contribution is 0.0756. The molecule has 1 heterocycles. The number of carbonyl (C=O) groups excluding carboxylic acids is 1. The number of halogens is 1. The van der Waals surface area contributed by atoms with Crippen molar-refractivity contribution in [2.24, 2.45) is 0 Å². The van der Waals surface area contributed by atoms with Crippen molar-refractivity contribution >= 4 is 38.5 Å². The largest absolute Gasteiger partial charge is 0.385 e. The van der Waals surface area contributed by atoms with E-state index in [4.69, 9.17) is 9.47 Å². The van der Waals surface area contributed by atoms with E-state index in [0.29, 0.717) is 13.2 Å². The summed E-state index contributed by atoms with van der Waals surface area (Å²) in [6, 6.07) is 4.79. The first-order chi connectivity index (χ1) is 9.98. The summed E-state index contributed by atoms with van der Waals surface area (Å²) >= 11 is 2.02. The van der Waals surface area contributed by atoms with Crippen molar-refractivity contribution in [3.63, 3.8) is 0 Å². The molecule has 0 radical (unpaired) electrons. The molecule has 8 heteroatoms. The molecule has 1 aliphatic heterocycles. The van der Waals surface area contributed by atoms with Crippen LogP contribution in [0.5, 0.6) is 0 Å². The molecule has 1 aromatic rings. The molecule has 0 unspecified atom stereocenters. The minimum absolute atomic E-state index is 0.0272. The first-order valence-electron chi connectivity index (χ1n) is 6.42. The van der Waals surface area contributed by atoms with Crippen molar-refractivity contribution in [3.8, 4) is 0 Å². The van der Waals surface area contributed by atoms with Crippen LogP contribution in [0.3, 0.4) is 0 Å². The third kappa shape index (κ3) is 3.55. The summed E-state index contributed by atoms with van der Waals surface area (Å²) in [5, 5.41) is 0. The summed E-state index contributed by atoms with van der Waals surface area (Å²) in [4.78, 5) is 12.2. The van der Waals surface area contributed by atoms with Gasteiger partial charge in [0.05, 0.1) is 18.7 Å². The number of fused-ring (bicyclic) bond motifs is 1. The van der Waals surface area contributed by atoms with Gasteiger partial charge in [0.25, 0.3) is 15.9 Å². The van der Waals surface area contributed by atoms with Crippen molar-refractivity contribution in [1.29, 1.82) is 0 Å². The molecule has 0 aromatic heterocycles. The third-order valence-electron chi connectivity index (χ3n) is 3.04. The molecule has 21 heavy (non-hydrogen) atoms. The molecule has 0 fully saturated rings. The van der Waals surface area contributed by atoms with Crippen molar-refractivity contribution in [2.75, 3.05) is 33.5 Å². The number of nitrogens with zero attached hydrogens (tertiary/aromatic N) is 1. The molecule has 2 rings (SSSR count). The molecule has 0 N–H and O–H groups in total. The van der Waals surface area contributed by atoms with Gasteiger partial charge in [0.2, 0.25) is 0 Å². The number of hydrogen-bond acceptors (Lipinski definition) is 5. The normalized spacial score (nSPS) is 16.3. The lowest BCUT2D eigenvalue weighted by atomic mass is 10.2. The number of sulfonamides is 1. The van der Waals surface area contributed by atoms with E-state index in [1.807, 2.05) is 22.6 Å². The summed E-state index contributed by atoms with van der Waals surface area (Å²) in [5.41, 5.74) is 0.231. The minimum atomic E-state index is -3.74. The van der Waals surface area contributed by atoms with Gasteiger partial charge >= 0.3 is 0 Å².